The summed E-state index contributed by atoms with van der Waals surface area (Å²) in [4.78, 5) is 11.9. The van der Waals surface area contributed by atoms with Crippen molar-refractivity contribution in [3.05, 3.63) is 23.8 Å². The van der Waals surface area contributed by atoms with Crippen LogP contribution in [0.2, 0.25) is 0 Å². The molecule has 0 saturated carbocycles. The summed E-state index contributed by atoms with van der Waals surface area (Å²) in [6, 6.07) is 5.72. The van der Waals surface area contributed by atoms with Crippen LogP contribution in [0.5, 0.6) is 11.5 Å². The molecule has 1 unspecified atom stereocenters. The Hall–Kier alpha value is -1.75. The molecule has 5 heteroatoms. The van der Waals surface area contributed by atoms with Gasteiger partial charge in [0.05, 0.1) is 7.11 Å². The molecular weight excluding hydrogens is 268 g/mol. The number of methoxy groups -OCH3 is 1. The van der Waals surface area contributed by atoms with Crippen molar-refractivity contribution in [1.29, 1.82) is 0 Å². The van der Waals surface area contributed by atoms with E-state index in [0.29, 0.717) is 24.6 Å². The molecule has 2 N–H and O–H groups in total. The second kappa shape index (κ2) is 9.23. The van der Waals surface area contributed by atoms with Crippen LogP contribution in [-0.2, 0) is 11.3 Å². The van der Waals surface area contributed by atoms with Crippen LogP contribution < -0.4 is 20.1 Å². The van der Waals surface area contributed by atoms with E-state index in [9.17, 15) is 4.79 Å². The first-order valence-corrected chi connectivity index (χ1v) is 7.44. The first-order chi connectivity index (χ1) is 10.1. The van der Waals surface area contributed by atoms with Crippen molar-refractivity contribution in [3.8, 4) is 11.5 Å². The molecule has 0 heterocycles. The molecule has 0 aliphatic carbocycles. The van der Waals surface area contributed by atoms with E-state index in [1.54, 1.807) is 14.0 Å². The van der Waals surface area contributed by atoms with Gasteiger partial charge in [-0.1, -0.05) is 26.0 Å². The minimum Gasteiger partial charge on any atom is -0.493 e. The number of amides is 1. The SMILES string of the molecule is CCCNC(=O)C(C)Oc1c(CNCC)cccc1OC. The van der Waals surface area contributed by atoms with Gasteiger partial charge >= 0.3 is 0 Å². The number of hydrogen-bond acceptors (Lipinski definition) is 4. The highest BCUT2D eigenvalue weighted by atomic mass is 16.5. The quantitative estimate of drug-likeness (QED) is 0.732. The third-order valence-electron chi connectivity index (χ3n) is 3.06. The van der Waals surface area contributed by atoms with Gasteiger partial charge in [-0.2, -0.15) is 0 Å². The average molecular weight is 294 g/mol. The zero-order valence-electron chi connectivity index (χ0n) is 13.4. The number of rotatable bonds is 9. The lowest BCUT2D eigenvalue weighted by Gasteiger charge is -2.19. The molecule has 5 nitrogen and oxygen atoms in total. The lowest BCUT2D eigenvalue weighted by molar-refractivity contribution is -0.127. The van der Waals surface area contributed by atoms with Crippen LogP contribution in [0.15, 0.2) is 18.2 Å². The Morgan fingerprint density at radius 3 is 2.71 bits per heavy atom. The van der Waals surface area contributed by atoms with Crippen molar-refractivity contribution >= 4 is 5.91 Å². The van der Waals surface area contributed by atoms with Gasteiger partial charge in [0.15, 0.2) is 17.6 Å². The molecule has 0 aliphatic rings. The monoisotopic (exact) mass is 294 g/mol. The topological polar surface area (TPSA) is 59.6 Å². The van der Waals surface area contributed by atoms with E-state index in [1.807, 2.05) is 32.0 Å². The van der Waals surface area contributed by atoms with Crippen LogP contribution in [0, 0.1) is 0 Å². The van der Waals surface area contributed by atoms with Gasteiger partial charge in [0.2, 0.25) is 0 Å². The third kappa shape index (κ3) is 5.27. The Morgan fingerprint density at radius 1 is 1.33 bits per heavy atom. The predicted molar refractivity (Wildman–Crippen MR) is 83.8 cm³/mol. The van der Waals surface area contributed by atoms with E-state index in [1.165, 1.54) is 0 Å². The second-order valence-electron chi connectivity index (χ2n) is 4.78. The molecule has 0 spiro atoms. The minimum atomic E-state index is -0.562. The number of para-hydroxylation sites is 1. The zero-order valence-corrected chi connectivity index (χ0v) is 13.4. The molecule has 1 rings (SSSR count). The molecule has 0 bridgehead atoms. The van der Waals surface area contributed by atoms with Gasteiger partial charge in [-0.3, -0.25) is 4.79 Å². The number of carbonyl (C=O) groups excluding carboxylic acids is 1. The molecular formula is C16H26N2O3. The summed E-state index contributed by atoms with van der Waals surface area (Å²) in [5.74, 6) is 1.15. The molecule has 0 aliphatic heterocycles. The Kier molecular flexibility index (Phi) is 7.61. The molecule has 0 aromatic heterocycles. The zero-order chi connectivity index (χ0) is 15.7. The van der Waals surface area contributed by atoms with E-state index >= 15 is 0 Å². The van der Waals surface area contributed by atoms with E-state index in [-0.39, 0.29) is 5.91 Å². The van der Waals surface area contributed by atoms with Crippen molar-refractivity contribution in [2.75, 3.05) is 20.2 Å². The molecule has 0 saturated heterocycles. The smallest absolute Gasteiger partial charge is 0.260 e. The summed E-state index contributed by atoms with van der Waals surface area (Å²) in [7, 11) is 1.60. The lowest BCUT2D eigenvalue weighted by atomic mass is 10.1. The Bertz CT molecular complexity index is 449. The fourth-order valence-electron chi connectivity index (χ4n) is 1.88. The maximum Gasteiger partial charge on any atom is 0.260 e. The molecule has 1 aromatic carbocycles. The van der Waals surface area contributed by atoms with Gasteiger partial charge in [-0.25, -0.2) is 0 Å². The maximum absolute atomic E-state index is 11.9. The van der Waals surface area contributed by atoms with E-state index < -0.39 is 6.10 Å². The van der Waals surface area contributed by atoms with Crippen molar-refractivity contribution in [1.82, 2.24) is 10.6 Å². The predicted octanol–water partition coefficient (Wildman–Crippen LogP) is 2.10. The van der Waals surface area contributed by atoms with Crippen molar-refractivity contribution in [3.63, 3.8) is 0 Å². The van der Waals surface area contributed by atoms with E-state index in [0.717, 1.165) is 18.5 Å². The van der Waals surface area contributed by atoms with Gasteiger partial charge in [-0.05, 0) is 26.0 Å². The van der Waals surface area contributed by atoms with E-state index in [2.05, 4.69) is 10.6 Å². The van der Waals surface area contributed by atoms with Gasteiger partial charge in [0.1, 0.15) is 0 Å². The summed E-state index contributed by atoms with van der Waals surface area (Å²) in [5.41, 5.74) is 0.978. The van der Waals surface area contributed by atoms with Crippen LogP contribution in [0.1, 0.15) is 32.8 Å². The van der Waals surface area contributed by atoms with Crippen LogP contribution in [0.3, 0.4) is 0 Å². The molecule has 1 amide bonds. The normalized spacial score (nSPS) is 11.8. The summed E-state index contributed by atoms with van der Waals surface area (Å²) in [6.07, 6.45) is 0.340. The fourth-order valence-corrected chi connectivity index (χ4v) is 1.88. The number of benzene rings is 1. The average Bonchev–Trinajstić information content (AvgIpc) is 2.51. The Labute approximate surface area is 127 Å². The fraction of sp³-hybridized carbons (Fsp3) is 0.562. The van der Waals surface area contributed by atoms with Crippen molar-refractivity contribution < 1.29 is 14.3 Å². The van der Waals surface area contributed by atoms with Gasteiger partial charge in [0, 0.05) is 18.7 Å². The Balaban J connectivity index is 2.85. The van der Waals surface area contributed by atoms with Crippen molar-refractivity contribution in [2.45, 2.75) is 39.8 Å². The minimum absolute atomic E-state index is 0.114. The standard InChI is InChI=1S/C16H26N2O3/c1-5-10-18-16(19)12(3)21-15-13(11-17-6-2)8-7-9-14(15)20-4/h7-9,12,17H,5-6,10-11H2,1-4H3,(H,18,19). The number of nitrogens with one attached hydrogen (secondary N) is 2. The van der Waals surface area contributed by atoms with Gasteiger partial charge in [-0.15, -0.1) is 0 Å². The maximum atomic E-state index is 11.9. The summed E-state index contributed by atoms with van der Waals surface area (Å²) < 4.78 is 11.2. The highest BCUT2D eigenvalue weighted by molar-refractivity contribution is 5.80. The first-order valence-electron chi connectivity index (χ1n) is 7.44. The van der Waals surface area contributed by atoms with Crippen LogP contribution in [0.25, 0.3) is 0 Å². The second-order valence-corrected chi connectivity index (χ2v) is 4.78. The van der Waals surface area contributed by atoms with Crippen molar-refractivity contribution in [2.24, 2.45) is 0 Å². The van der Waals surface area contributed by atoms with Gasteiger partial charge < -0.3 is 20.1 Å². The van der Waals surface area contributed by atoms with E-state index in [4.69, 9.17) is 9.47 Å². The summed E-state index contributed by atoms with van der Waals surface area (Å²) >= 11 is 0. The number of ether oxygens (including phenoxy) is 2. The molecule has 118 valence electrons. The molecule has 1 atom stereocenters. The highest BCUT2D eigenvalue weighted by Gasteiger charge is 2.18. The van der Waals surface area contributed by atoms with Crippen LogP contribution in [0.4, 0.5) is 0 Å². The third-order valence-corrected chi connectivity index (χ3v) is 3.06. The molecule has 1 aromatic rings. The Morgan fingerprint density at radius 2 is 2.10 bits per heavy atom. The molecule has 0 radical (unpaired) electrons. The largest absolute Gasteiger partial charge is 0.493 e. The number of carbonyl (C=O) groups is 1. The number of hydrogen-bond donors (Lipinski definition) is 2. The van der Waals surface area contributed by atoms with Gasteiger partial charge in [0.25, 0.3) is 5.91 Å². The first kappa shape index (κ1) is 17.3. The summed E-state index contributed by atoms with van der Waals surface area (Å²) in [5, 5.41) is 6.09. The summed E-state index contributed by atoms with van der Waals surface area (Å²) in [6.45, 7) is 7.99. The molecule has 0 fully saturated rings. The lowest BCUT2D eigenvalue weighted by Crippen LogP contribution is -2.37. The van der Waals surface area contributed by atoms with Crippen LogP contribution in [-0.4, -0.2) is 32.2 Å². The molecule has 21 heavy (non-hydrogen) atoms. The van der Waals surface area contributed by atoms with Crippen LogP contribution >= 0.6 is 0 Å². The highest BCUT2D eigenvalue weighted by Crippen LogP contribution is 2.32.